The molecule has 23 heavy (non-hydrogen) atoms. The molecule has 0 bridgehead atoms. The summed E-state index contributed by atoms with van der Waals surface area (Å²) < 4.78 is 0. The van der Waals surface area contributed by atoms with Crippen LogP contribution in [-0.4, -0.2) is 31.4 Å². The number of para-hydroxylation sites is 1. The van der Waals surface area contributed by atoms with Crippen molar-refractivity contribution in [2.45, 2.75) is 32.6 Å². The van der Waals surface area contributed by atoms with Gasteiger partial charge in [0.15, 0.2) is 5.78 Å². The SMILES string of the molecule is C=C1CC(=O)CC(C=O)(CC)C1=O.CN1CCc2ccccc21. The zero-order valence-corrected chi connectivity index (χ0v) is 13.8. The molecule has 2 aliphatic rings. The summed E-state index contributed by atoms with van der Waals surface area (Å²) in [7, 11) is 2.14. The first-order valence-corrected chi connectivity index (χ1v) is 7.93. The molecule has 3 rings (SSSR count). The van der Waals surface area contributed by atoms with Crippen LogP contribution in [0.5, 0.6) is 0 Å². The van der Waals surface area contributed by atoms with Crippen LogP contribution < -0.4 is 4.90 Å². The minimum Gasteiger partial charge on any atom is -0.374 e. The second-order valence-electron chi connectivity index (χ2n) is 6.25. The van der Waals surface area contributed by atoms with Crippen molar-refractivity contribution in [3.8, 4) is 0 Å². The molecule has 0 radical (unpaired) electrons. The Balaban J connectivity index is 0.000000172. The number of hydrogen-bond donors (Lipinski definition) is 0. The predicted octanol–water partition coefficient (Wildman–Crippen LogP) is 2.75. The van der Waals surface area contributed by atoms with Crippen LogP contribution in [0.2, 0.25) is 0 Å². The maximum atomic E-state index is 11.6. The number of likely N-dealkylation sites (N-methyl/N-ethyl adjacent to an activating group) is 1. The van der Waals surface area contributed by atoms with E-state index in [4.69, 9.17) is 0 Å². The summed E-state index contributed by atoms with van der Waals surface area (Å²) in [6, 6.07) is 8.60. The van der Waals surface area contributed by atoms with Gasteiger partial charge in [-0.3, -0.25) is 9.59 Å². The molecule has 4 heteroatoms. The van der Waals surface area contributed by atoms with Gasteiger partial charge in [0.25, 0.3) is 0 Å². The molecule has 122 valence electrons. The molecule has 1 aliphatic heterocycles. The molecule has 1 heterocycles. The summed E-state index contributed by atoms with van der Waals surface area (Å²) >= 11 is 0. The summed E-state index contributed by atoms with van der Waals surface area (Å²) in [4.78, 5) is 35.9. The van der Waals surface area contributed by atoms with Crippen molar-refractivity contribution in [3.05, 3.63) is 42.0 Å². The van der Waals surface area contributed by atoms with Gasteiger partial charge >= 0.3 is 0 Å². The van der Waals surface area contributed by atoms with E-state index >= 15 is 0 Å². The van der Waals surface area contributed by atoms with E-state index in [0.29, 0.717) is 12.7 Å². The highest BCUT2D eigenvalue weighted by atomic mass is 16.2. The number of hydrogen-bond acceptors (Lipinski definition) is 4. The molecule has 1 atom stereocenters. The third-order valence-corrected chi connectivity index (χ3v) is 4.67. The zero-order chi connectivity index (χ0) is 17.0. The summed E-state index contributed by atoms with van der Waals surface area (Å²) in [5.74, 6) is -0.330. The molecule has 1 saturated carbocycles. The van der Waals surface area contributed by atoms with Crippen LogP contribution in [0.4, 0.5) is 5.69 Å². The number of aldehydes is 1. The van der Waals surface area contributed by atoms with E-state index < -0.39 is 5.41 Å². The van der Waals surface area contributed by atoms with Gasteiger partial charge in [-0.05, 0) is 30.0 Å². The maximum absolute atomic E-state index is 11.6. The second-order valence-corrected chi connectivity index (χ2v) is 6.25. The van der Waals surface area contributed by atoms with E-state index in [1.165, 1.54) is 24.2 Å². The monoisotopic (exact) mass is 313 g/mol. The molecule has 0 spiro atoms. The molecule has 0 N–H and O–H groups in total. The Labute approximate surface area is 137 Å². The molecular weight excluding hydrogens is 290 g/mol. The molecule has 4 nitrogen and oxygen atoms in total. The molecule has 1 aliphatic carbocycles. The first kappa shape index (κ1) is 17.1. The van der Waals surface area contributed by atoms with Gasteiger partial charge in [-0.15, -0.1) is 0 Å². The topological polar surface area (TPSA) is 54.5 Å². The molecular formula is C19H23NO3. The van der Waals surface area contributed by atoms with Crippen LogP contribution in [0.25, 0.3) is 0 Å². The average molecular weight is 313 g/mol. The summed E-state index contributed by atoms with van der Waals surface area (Å²) in [6.45, 7) is 6.42. The van der Waals surface area contributed by atoms with Crippen LogP contribution in [0, 0.1) is 5.41 Å². The van der Waals surface area contributed by atoms with Crippen molar-refractivity contribution in [2.75, 3.05) is 18.5 Å². The van der Waals surface area contributed by atoms with Gasteiger partial charge in [-0.1, -0.05) is 31.7 Å². The van der Waals surface area contributed by atoms with Crippen molar-refractivity contribution in [1.82, 2.24) is 0 Å². The Hall–Kier alpha value is -2.23. The lowest BCUT2D eigenvalue weighted by Crippen LogP contribution is -2.40. The van der Waals surface area contributed by atoms with E-state index in [1.807, 2.05) is 0 Å². The van der Waals surface area contributed by atoms with Gasteiger partial charge in [-0.25, -0.2) is 0 Å². The summed E-state index contributed by atoms with van der Waals surface area (Å²) in [6.07, 6.45) is 2.34. The van der Waals surface area contributed by atoms with E-state index in [1.54, 1.807) is 6.92 Å². The van der Waals surface area contributed by atoms with Gasteiger partial charge in [0.2, 0.25) is 0 Å². The first-order valence-electron chi connectivity index (χ1n) is 7.93. The average Bonchev–Trinajstić information content (AvgIpc) is 2.93. The van der Waals surface area contributed by atoms with E-state index in [-0.39, 0.29) is 30.0 Å². The molecule has 0 amide bonds. The van der Waals surface area contributed by atoms with Gasteiger partial charge in [0.1, 0.15) is 12.1 Å². The van der Waals surface area contributed by atoms with Crippen LogP contribution >= 0.6 is 0 Å². The Bertz CT molecular complexity index is 650. The van der Waals surface area contributed by atoms with Crippen molar-refractivity contribution in [2.24, 2.45) is 5.41 Å². The number of ketones is 2. The Morgan fingerprint density at radius 2 is 2.00 bits per heavy atom. The lowest BCUT2D eigenvalue weighted by atomic mass is 9.70. The second kappa shape index (κ2) is 6.90. The van der Waals surface area contributed by atoms with Crippen LogP contribution in [-0.2, 0) is 20.8 Å². The predicted molar refractivity (Wildman–Crippen MR) is 90.6 cm³/mol. The van der Waals surface area contributed by atoms with Crippen molar-refractivity contribution < 1.29 is 14.4 Å². The highest BCUT2D eigenvalue weighted by Crippen LogP contribution is 2.34. The Kier molecular flexibility index (Phi) is 5.14. The Morgan fingerprint density at radius 3 is 2.61 bits per heavy atom. The van der Waals surface area contributed by atoms with E-state index in [2.05, 4.69) is 42.8 Å². The minimum absolute atomic E-state index is 0.0465. The highest BCUT2D eigenvalue weighted by molar-refractivity contribution is 6.15. The van der Waals surface area contributed by atoms with Gasteiger partial charge < -0.3 is 9.69 Å². The number of rotatable bonds is 2. The molecule has 1 unspecified atom stereocenters. The van der Waals surface area contributed by atoms with Gasteiger partial charge in [0.05, 0.1) is 5.41 Å². The minimum atomic E-state index is -1.10. The number of anilines is 1. The number of carbonyl (C=O) groups excluding carboxylic acids is 3. The lowest BCUT2D eigenvalue weighted by Gasteiger charge is -2.29. The molecule has 1 aromatic carbocycles. The van der Waals surface area contributed by atoms with Crippen molar-refractivity contribution >= 4 is 23.5 Å². The van der Waals surface area contributed by atoms with E-state index in [9.17, 15) is 14.4 Å². The molecule has 0 saturated heterocycles. The number of Topliss-reactive ketones (excluding diaryl/α,β-unsaturated/α-hetero) is 2. The highest BCUT2D eigenvalue weighted by Gasteiger charge is 2.43. The number of carbonyl (C=O) groups is 3. The first-order chi connectivity index (χ1) is 10.9. The van der Waals surface area contributed by atoms with Crippen LogP contribution in [0.15, 0.2) is 36.4 Å². The smallest absolute Gasteiger partial charge is 0.172 e. The normalized spacial score (nSPS) is 23.2. The van der Waals surface area contributed by atoms with Crippen molar-refractivity contribution in [3.63, 3.8) is 0 Å². The number of fused-ring (bicyclic) bond motifs is 1. The van der Waals surface area contributed by atoms with Crippen LogP contribution in [0.3, 0.4) is 0 Å². The third-order valence-electron chi connectivity index (χ3n) is 4.67. The number of benzene rings is 1. The Morgan fingerprint density at radius 1 is 1.30 bits per heavy atom. The third kappa shape index (κ3) is 3.41. The van der Waals surface area contributed by atoms with Crippen molar-refractivity contribution in [1.29, 1.82) is 0 Å². The molecule has 1 fully saturated rings. The summed E-state index contributed by atoms with van der Waals surface area (Å²) in [5, 5.41) is 0. The number of allylic oxidation sites excluding steroid dienone is 1. The maximum Gasteiger partial charge on any atom is 0.172 e. The fourth-order valence-corrected chi connectivity index (χ4v) is 3.13. The fourth-order valence-electron chi connectivity index (χ4n) is 3.13. The lowest BCUT2D eigenvalue weighted by molar-refractivity contribution is -0.140. The molecule has 1 aromatic rings. The van der Waals surface area contributed by atoms with Gasteiger partial charge in [-0.2, -0.15) is 0 Å². The van der Waals surface area contributed by atoms with Gasteiger partial charge in [0, 0.05) is 32.1 Å². The quantitative estimate of drug-likeness (QED) is 0.478. The van der Waals surface area contributed by atoms with Crippen LogP contribution in [0.1, 0.15) is 31.7 Å². The molecule has 0 aromatic heterocycles. The number of nitrogens with zero attached hydrogens (tertiary/aromatic N) is 1. The standard InChI is InChI=1S/C10H12O3.C9H11N/c1-3-10(6-11)5-8(12)4-7(2)9(10)13;1-10-7-6-8-4-2-3-5-9(8)10/h6H,2-5H2,1H3;2-5H,6-7H2,1H3. The zero-order valence-electron chi connectivity index (χ0n) is 13.8. The van der Waals surface area contributed by atoms with E-state index in [0.717, 1.165) is 0 Å². The fraction of sp³-hybridized carbons (Fsp3) is 0.421. The largest absolute Gasteiger partial charge is 0.374 e. The summed E-state index contributed by atoms with van der Waals surface area (Å²) in [5.41, 5.74) is 2.06.